The van der Waals surface area contributed by atoms with Crippen LogP contribution in [-0.4, -0.2) is 24.1 Å². The molecule has 0 saturated heterocycles. The number of esters is 1. The first-order valence-electron chi connectivity index (χ1n) is 6.34. The molecule has 4 nitrogen and oxygen atoms in total. The van der Waals surface area contributed by atoms with E-state index in [0.717, 1.165) is 10.9 Å². The number of nitrogens with zero attached hydrogens (tertiary/aromatic N) is 1. The van der Waals surface area contributed by atoms with Gasteiger partial charge in [0.05, 0.1) is 7.11 Å². The minimum absolute atomic E-state index is 0.0632. The Balaban J connectivity index is 2.06. The molecule has 1 aromatic heterocycles. The van der Waals surface area contributed by atoms with Crippen molar-refractivity contribution >= 4 is 16.7 Å². The van der Waals surface area contributed by atoms with E-state index >= 15 is 0 Å². The van der Waals surface area contributed by atoms with Gasteiger partial charge in [-0.3, -0.25) is 9.78 Å². The highest BCUT2D eigenvalue weighted by Gasteiger charge is 2.10. The number of hydrogen-bond donors (Lipinski definition) is 1. The van der Waals surface area contributed by atoms with Crippen LogP contribution in [0.4, 0.5) is 0 Å². The molecule has 2 aromatic rings. The summed E-state index contributed by atoms with van der Waals surface area (Å²) in [6.07, 6.45) is 5.39. The van der Waals surface area contributed by atoms with Crippen molar-refractivity contribution in [3.63, 3.8) is 0 Å². The third-order valence-electron chi connectivity index (χ3n) is 3.18. The van der Waals surface area contributed by atoms with Crippen molar-refractivity contribution in [2.75, 3.05) is 7.11 Å². The maximum Gasteiger partial charge on any atom is 0.305 e. The van der Waals surface area contributed by atoms with Gasteiger partial charge >= 0.3 is 5.97 Å². The summed E-state index contributed by atoms with van der Waals surface area (Å²) >= 11 is 0. The summed E-state index contributed by atoms with van der Waals surface area (Å²) in [4.78, 5) is 15.3. The van der Waals surface area contributed by atoms with E-state index in [1.807, 2.05) is 30.6 Å². The van der Waals surface area contributed by atoms with Crippen molar-refractivity contribution in [2.24, 2.45) is 5.73 Å². The third kappa shape index (κ3) is 3.51. The summed E-state index contributed by atoms with van der Waals surface area (Å²) in [7, 11) is 1.39. The lowest BCUT2D eigenvalue weighted by Crippen LogP contribution is -2.24. The van der Waals surface area contributed by atoms with Crippen LogP contribution in [0.3, 0.4) is 0 Å². The number of carbonyl (C=O) groups excluding carboxylic acids is 1. The number of hydrogen-bond acceptors (Lipinski definition) is 4. The Labute approximate surface area is 112 Å². The first-order valence-corrected chi connectivity index (χ1v) is 6.34. The molecular formula is C15H18N2O2. The summed E-state index contributed by atoms with van der Waals surface area (Å²) < 4.78 is 4.61. The van der Waals surface area contributed by atoms with Crippen LogP contribution in [0, 0.1) is 0 Å². The van der Waals surface area contributed by atoms with Gasteiger partial charge in [0.25, 0.3) is 0 Å². The quantitative estimate of drug-likeness (QED) is 0.834. The van der Waals surface area contributed by atoms with Gasteiger partial charge in [0.2, 0.25) is 0 Å². The number of carbonyl (C=O) groups is 1. The molecule has 4 heteroatoms. The Morgan fingerprint density at radius 2 is 2.16 bits per heavy atom. The second-order valence-corrected chi connectivity index (χ2v) is 4.60. The maximum atomic E-state index is 11.1. The summed E-state index contributed by atoms with van der Waals surface area (Å²) in [5, 5.41) is 2.28. The fraction of sp³-hybridized carbons (Fsp3) is 0.333. The van der Waals surface area contributed by atoms with Crippen molar-refractivity contribution in [3.05, 3.63) is 42.2 Å². The topological polar surface area (TPSA) is 65.2 Å². The van der Waals surface area contributed by atoms with Gasteiger partial charge < -0.3 is 10.5 Å². The van der Waals surface area contributed by atoms with E-state index in [4.69, 9.17) is 5.73 Å². The molecule has 1 unspecified atom stereocenters. The van der Waals surface area contributed by atoms with Crippen molar-refractivity contribution in [1.29, 1.82) is 0 Å². The molecule has 0 aliphatic heterocycles. The minimum atomic E-state index is -0.216. The van der Waals surface area contributed by atoms with Gasteiger partial charge in [-0.05, 0) is 23.8 Å². The highest BCUT2D eigenvalue weighted by molar-refractivity contribution is 5.84. The number of fused-ring (bicyclic) bond motifs is 1. The SMILES string of the molecule is COC(=O)CCC(N)Cc1cncc2ccccc12. The Kier molecular flexibility index (Phi) is 4.47. The van der Waals surface area contributed by atoms with E-state index in [0.29, 0.717) is 19.3 Å². The Bertz CT molecular complexity index is 564. The molecule has 19 heavy (non-hydrogen) atoms. The third-order valence-corrected chi connectivity index (χ3v) is 3.18. The molecule has 0 aliphatic carbocycles. The van der Waals surface area contributed by atoms with Crippen molar-refractivity contribution < 1.29 is 9.53 Å². The molecule has 0 bridgehead atoms. The van der Waals surface area contributed by atoms with E-state index in [9.17, 15) is 4.79 Å². The average molecular weight is 258 g/mol. The van der Waals surface area contributed by atoms with E-state index < -0.39 is 0 Å². The summed E-state index contributed by atoms with van der Waals surface area (Å²) in [6.45, 7) is 0. The van der Waals surface area contributed by atoms with Crippen molar-refractivity contribution in [3.8, 4) is 0 Å². The molecule has 0 fully saturated rings. The number of benzene rings is 1. The second kappa shape index (κ2) is 6.29. The predicted molar refractivity (Wildman–Crippen MR) is 74.7 cm³/mol. The molecule has 0 radical (unpaired) electrons. The summed E-state index contributed by atoms with van der Waals surface area (Å²) in [5.41, 5.74) is 7.18. The summed E-state index contributed by atoms with van der Waals surface area (Å²) in [5.74, 6) is -0.216. The largest absolute Gasteiger partial charge is 0.469 e. The van der Waals surface area contributed by atoms with E-state index in [-0.39, 0.29) is 12.0 Å². The number of nitrogens with two attached hydrogens (primary N) is 1. The predicted octanol–water partition coefficient (Wildman–Crippen LogP) is 2.06. The van der Waals surface area contributed by atoms with Gasteiger partial charge in [0, 0.05) is 30.2 Å². The Hall–Kier alpha value is -1.94. The summed E-state index contributed by atoms with van der Waals surface area (Å²) in [6, 6.07) is 8.04. The fourth-order valence-corrected chi connectivity index (χ4v) is 2.13. The number of pyridine rings is 1. The first kappa shape index (κ1) is 13.5. The molecule has 1 heterocycles. The number of rotatable bonds is 5. The van der Waals surface area contributed by atoms with Gasteiger partial charge in [0.1, 0.15) is 0 Å². The van der Waals surface area contributed by atoms with Crippen LogP contribution in [0.1, 0.15) is 18.4 Å². The van der Waals surface area contributed by atoms with Gasteiger partial charge in [-0.15, -0.1) is 0 Å². The molecule has 100 valence electrons. The van der Waals surface area contributed by atoms with Gasteiger partial charge in [0.15, 0.2) is 0 Å². The Morgan fingerprint density at radius 1 is 1.37 bits per heavy atom. The number of methoxy groups -OCH3 is 1. The lowest BCUT2D eigenvalue weighted by atomic mass is 9.99. The van der Waals surface area contributed by atoms with Crippen LogP contribution in [0.5, 0.6) is 0 Å². The molecule has 2 rings (SSSR count). The van der Waals surface area contributed by atoms with Gasteiger partial charge in [-0.2, -0.15) is 0 Å². The molecule has 1 aromatic carbocycles. The zero-order valence-corrected chi connectivity index (χ0v) is 11.0. The molecule has 0 amide bonds. The zero-order chi connectivity index (χ0) is 13.7. The molecule has 0 aliphatic rings. The van der Waals surface area contributed by atoms with Crippen LogP contribution >= 0.6 is 0 Å². The van der Waals surface area contributed by atoms with Gasteiger partial charge in [-0.1, -0.05) is 24.3 Å². The standard InChI is InChI=1S/C15H18N2O2/c1-19-15(18)7-6-13(16)8-12-10-17-9-11-4-2-3-5-14(11)12/h2-5,9-10,13H,6-8,16H2,1H3. The monoisotopic (exact) mass is 258 g/mol. The number of ether oxygens (including phenoxy) is 1. The lowest BCUT2D eigenvalue weighted by Gasteiger charge is -2.12. The molecule has 0 saturated carbocycles. The molecule has 0 spiro atoms. The van der Waals surface area contributed by atoms with E-state index in [2.05, 4.69) is 15.8 Å². The average Bonchev–Trinajstić information content (AvgIpc) is 2.45. The minimum Gasteiger partial charge on any atom is -0.469 e. The smallest absolute Gasteiger partial charge is 0.305 e. The van der Waals surface area contributed by atoms with Crippen LogP contribution in [-0.2, 0) is 16.0 Å². The van der Waals surface area contributed by atoms with Crippen LogP contribution < -0.4 is 5.73 Å². The van der Waals surface area contributed by atoms with E-state index in [1.165, 1.54) is 12.5 Å². The maximum absolute atomic E-state index is 11.1. The molecule has 2 N–H and O–H groups in total. The normalized spacial score (nSPS) is 12.3. The van der Waals surface area contributed by atoms with Crippen molar-refractivity contribution in [1.82, 2.24) is 4.98 Å². The molecule has 1 atom stereocenters. The fourth-order valence-electron chi connectivity index (χ4n) is 2.13. The van der Waals surface area contributed by atoms with Gasteiger partial charge in [-0.25, -0.2) is 0 Å². The highest BCUT2D eigenvalue weighted by Crippen LogP contribution is 2.18. The molecular weight excluding hydrogens is 240 g/mol. The first-order chi connectivity index (χ1) is 9.20. The van der Waals surface area contributed by atoms with Crippen LogP contribution in [0.25, 0.3) is 10.8 Å². The lowest BCUT2D eigenvalue weighted by molar-refractivity contribution is -0.140. The van der Waals surface area contributed by atoms with Crippen LogP contribution in [0.15, 0.2) is 36.7 Å². The Morgan fingerprint density at radius 3 is 2.95 bits per heavy atom. The number of aromatic nitrogens is 1. The second-order valence-electron chi connectivity index (χ2n) is 4.60. The highest BCUT2D eigenvalue weighted by atomic mass is 16.5. The van der Waals surface area contributed by atoms with E-state index in [1.54, 1.807) is 0 Å². The zero-order valence-electron chi connectivity index (χ0n) is 11.0. The van der Waals surface area contributed by atoms with Crippen LogP contribution in [0.2, 0.25) is 0 Å². The van der Waals surface area contributed by atoms with Crippen molar-refractivity contribution in [2.45, 2.75) is 25.3 Å².